The van der Waals surface area contributed by atoms with Gasteiger partial charge >= 0.3 is 5.97 Å². The molecule has 1 saturated heterocycles. The number of carbonyl (C=O) groups is 1. The molecule has 5 aliphatic rings. The number of hydrogen-bond acceptors (Lipinski definition) is 4. The molecule has 150 valence electrons. The van der Waals surface area contributed by atoms with Crippen molar-refractivity contribution < 1.29 is 19.0 Å². The quantitative estimate of drug-likeness (QED) is 0.496. The average Bonchev–Trinajstić information content (AvgIpc) is 3.21. The van der Waals surface area contributed by atoms with Crippen LogP contribution in [-0.2, 0) is 19.0 Å². The lowest BCUT2D eigenvalue weighted by Gasteiger charge is -2.58. The van der Waals surface area contributed by atoms with Gasteiger partial charge in [0.15, 0.2) is 5.79 Å². The smallest absolute Gasteiger partial charge is 0.302 e. The summed E-state index contributed by atoms with van der Waals surface area (Å²) in [6.45, 7) is 7.96. The lowest BCUT2D eigenvalue weighted by atomic mass is 9.47. The van der Waals surface area contributed by atoms with E-state index in [9.17, 15) is 4.79 Å². The molecule has 0 bridgehead atoms. The van der Waals surface area contributed by atoms with Gasteiger partial charge in [-0.2, -0.15) is 0 Å². The molecule has 0 unspecified atom stereocenters. The third kappa shape index (κ3) is 2.58. The first-order valence-electron chi connectivity index (χ1n) is 11.0. The summed E-state index contributed by atoms with van der Waals surface area (Å²) in [6.07, 6.45) is 11.7. The van der Waals surface area contributed by atoms with Crippen LogP contribution in [0, 0.1) is 28.6 Å². The highest BCUT2D eigenvalue weighted by Gasteiger charge is 2.61. The van der Waals surface area contributed by atoms with Gasteiger partial charge in [-0.25, -0.2) is 0 Å². The van der Waals surface area contributed by atoms with E-state index in [0.717, 1.165) is 44.3 Å². The highest BCUT2D eigenvalue weighted by atomic mass is 16.7. The largest absolute Gasteiger partial charge is 0.462 e. The number of allylic oxidation sites excluding steroid dienone is 1. The molecule has 6 atom stereocenters. The van der Waals surface area contributed by atoms with Crippen LogP contribution in [0.1, 0.15) is 72.1 Å². The first kappa shape index (κ1) is 18.2. The van der Waals surface area contributed by atoms with Gasteiger partial charge in [0.2, 0.25) is 0 Å². The Hall–Kier alpha value is -0.870. The van der Waals surface area contributed by atoms with Crippen molar-refractivity contribution in [3.8, 4) is 0 Å². The summed E-state index contributed by atoms with van der Waals surface area (Å²) in [6, 6.07) is 0. The summed E-state index contributed by atoms with van der Waals surface area (Å²) >= 11 is 0. The van der Waals surface area contributed by atoms with Crippen LogP contribution in [-0.4, -0.2) is 31.1 Å². The molecule has 0 aromatic rings. The van der Waals surface area contributed by atoms with Crippen LogP contribution < -0.4 is 0 Å². The van der Waals surface area contributed by atoms with Crippen molar-refractivity contribution in [3.05, 3.63) is 11.6 Å². The third-order valence-electron chi connectivity index (χ3n) is 9.15. The highest BCUT2D eigenvalue weighted by molar-refractivity contribution is 5.66. The lowest BCUT2D eigenvalue weighted by molar-refractivity contribution is -0.186. The Labute approximate surface area is 163 Å². The molecule has 4 fully saturated rings. The molecule has 0 aromatic heterocycles. The van der Waals surface area contributed by atoms with Crippen LogP contribution in [0.3, 0.4) is 0 Å². The minimum Gasteiger partial charge on any atom is -0.462 e. The maximum Gasteiger partial charge on any atom is 0.302 e. The molecule has 5 rings (SSSR count). The van der Waals surface area contributed by atoms with Crippen LogP contribution in [0.4, 0.5) is 0 Å². The predicted molar refractivity (Wildman–Crippen MR) is 102 cm³/mol. The van der Waals surface area contributed by atoms with Gasteiger partial charge in [-0.3, -0.25) is 4.79 Å². The van der Waals surface area contributed by atoms with Gasteiger partial charge in [0, 0.05) is 25.2 Å². The van der Waals surface area contributed by atoms with Gasteiger partial charge in [-0.05, 0) is 61.7 Å². The van der Waals surface area contributed by atoms with E-state index in [4.69, 9.17) is 14.2 Å². The summed E-state index contributed by atoms with van der Waals surface area (Å²) in [5, 5.41) is 0. The van der Waals surface area contributed by atoms with Crippen molar-refractivity contribution in [2.45, 2.75) is 84.0 Å². The number of ether oxygens (including phenoxy) is 3. The summed E-state index contributed by atoms with van der Waals surface area (Å²) < 4.78 is 17.8. The number of hydrogen-bond donors (Lipinski definition) is 0. The van der Waals surface area contributed by atoms with Crippen LogP contribution in [0.5, 0.6) is 0 Å². The number of esters is 1. The zero-order chi connectivity index (χ0) is 18.9. The minimum atomic E-state index is -0.324. The average molecular weight is 375 g/mol. The van der Waals surface area contributed by atoms with Crippen molar-refractivity contribution in [2.75, 3.05) is 13.2 Å². The predicted octanol–water partition coefficient (Wildman–Crippen LogP) is 4.62. The Bertz CT molecular complexity index is 663. The molecule has 0 radical (unpaired) electrons. The SMILES string of the molecule is CC(=O)O[C@H]1CC[C@H]2[C@@H]3CC=C4CC5(CC[C@]4(C)[C@H]3CC[C@]12C)OCCO5. The molecular weight excluding hydrogens is 340 g/mol. The normalized spacial score (nSPS) is 47.7. The fourth-order valence-electron chi connectivity index (χ4n) is 7.69. The number of rotatable bonds is 1. The zero-order valence-corrected chi connectivity index (χ0v) is 17.1. The van der Waals surface area contributed by atoms with Crippen LogP contribution >= 0.6 is 0 Å². The Balaban J connectivity index is 1.41. The molecular formula is C23H34O4. The van der Waals surface area contributed by atoms with E-state index in [1.54, 1.807) is 12.5 Å². The molecule has 4 heteroatoms. The van der Waals surface area contributed by atoms with Crippen molar-refractivity contribution in [1.29, 1.82) is 0 Å². The highest BCUT2D eigenvalue weighted by Crippen LogP contribution is 2.66. The lowest BCUT2D eigenvalue weighted by Crippen LogP contribution is -2.53. The van der Waals surface area contributed by atoms with Crippen LogP contribution in [0.2, 0.25) is 0 Å². The maximum absolute atomic E-state index is 11.6. The van der Waals surface area contributed by atoms with E-state index in [2.05, 4.69) is 19.9 Å². The first-order chi connectivity index (χ1) is 12.9. The van der Waals surface area contributed by atoms with E-state index >= 15 is 0 Å². The van der Waals surface area contributed by atoms with Crippen molar-refractivity contribution in [3.63, 3.8) is 0 Å². The second-order valence-electron chi connectivity index (χ2n) is 10.3. The second kappa shape index (κ2) is 6.06. The second-order valence-corrected chi connectivity index (χ2v) is 10.3. The van der Waals surface area contributed by atoms with Crippen LogP contribution in [0.15, 0.2) is 11.6 Å². The molecule has 4 aliphatic carbocycles. The van der Waals surface area contributed by atoms with Crippen molar-refractivity contribution >= 4 is 5.97 Å². The minimum absolute atomic E-state index is 0.115. The van der Waals surface area contributed by atoms with Gasteiger partial charge in [0.05, 0.1) is 13.2 Å². The Kier molecular flexibility index (Phi) is 4.08. The zero-order valence-electron chi connectivity index (χ0n) is 17.1. The van der Waals surface area contributed by atoms with Gasteiger partial charge in [-0.15, -0.1) is 0 Å². The van der Waals surface area contributed by atoms with Crippen LogP contribution in [0.25, 0.3) is 0 Å². The topological polar surface area (TPSA) is 44.8 Å². The van der Waals surface area contributed by atoms with E-state index < -0.39 is 0 Å². The molecule has 3 saturated carbocycles. The molecule has 1 aliphatic heterocycles. The third-order valence-corrected chi connectivity index (χ3v) is 9.15. The van der Waals surface area contributed by atoms with E-state index in [0.29, 0.717) is 11.3 Å². The van der Waals surface area contributed by atoms with Gasteiger partial charge < -0.3 is 14.2 Å². The molecule has 1 heterocycles. The monoisotopic (exact) mass is 374 g/mol. The maximum atomic E-state index is 11.6. The molecule has 27 heavy (non-hydrogen) atoms. The molecule has 4 nitrogen and oxygen atoms in total. The van der Waals surface area contributed by atoms with E-state index in [1.807, 2.05) is 0 Å². The Morgan fingerprint density at radius 1 is 1.07 bits per heavy atom. The standard InChI is InChI=1S/C23H34O4/c1-15(24)27-20-7-6-18-17-5-4-16-14-23(25-12-13-26-23)11-10-21(16,2)19(17)8-9-22(18,20)3/h4,17-20H,5-14H2,1-3H3/t17-,18-,19-,20-,21-,22-/m0/s1. The van der Waals surface area contributed by atoms with Gasteiger partial charge in [0.25, 0.3) is 0 Å². The van der Waals surface area contributed by atoms with Crippen molar-refractivity contribution in [1.82, 2.24) is 0 Å². The van der Waals surface area contributed by atoms with Crippen molar-refractivity contribution in [2.24, 2.45) is 28.6 Å². The Morgan fingerprint density at radius 2 is 1.85 bits per heavy atom. The summed E-state index contributed by atoms with van der Waals surface area (Å²) in [7, 11) is 0. The number of carbonyl (C=O) groups excluding carboxylic acids is 1. The summed E-state index contributed by atoms with van der Waals surface area (Å²) in [5.41, 5.74) is 2.06. The molecule has 0 N–H and O–H groups in total. The fraction of sp³-hybridized carbons (Fsp3) is 0.870. The first-order valence-corrected chi connectivity index (χ1v) is 11.0. The fourth-order valence-corrected chi connectivity index (χ4v) is 7.69. The molecule has 0 amide bonds. The van der Waals surface area contributed by atoms with E-state index in [1.165, 1.54) is 32.1 Å². The van der Waals surface area contributed by atoms with Gasteiger partial charge in [-0.1, -0.05) is 25.5 Å². The molecule has 1 spiro atoms. The molecule has 0 aromatic carbocycles. The summed E-state index contributed by atoms with van der Waals surface area (Å²) in [4.78, 5) is 11.6. The number of fused-ring (bicyclic) bond motifs is 5. The van der Waals surface area contributed by atoms with Gasteiger partial charge in [0.1, 0.15) is 6.10 Å². The summed E-state index contributed by atoms with van der Waals surface area (Å²) in [5.74, 6) is 1.73. The Morgan fingerprint density at radius 3 is 2.59 bits per heavy atom. The van der Waals surface area contributed by atoms with E-state index in [-0.39, 0.29) is 23.3 Å².